The van der Waals surface area contributed by atoms with E-state index in [2.05, 4.69) is 24.1 Å². The number of nitrogens with one attached hydrogen (secondary N) is 1. The minimum atomic E-state index is -3.20. The molecule has 0 radical (unpaired) electrons. The molecule has 4 nitrogen and oxygen atoms in total. The smallest absolute Gasteiger partial charge is 0.177 e. The monoisotopic (exact) mass is 270 g/mol. The molecule has 1 rings (SSSR count). The lowest BCUT2D eigenvalue weighted by atomic mass is 10.0. The summed E-state index contributed by atoms with van der Waals surface area (Å²) in [5.41, 5.74) is 0.611. The number of sulfone groups is 1. The Balaban J connectivity index is 2.94. The molecule has 0 atom stereocenters. The van der Waals surface area contributed by atoms with Crippen molar-refractivity contribution in [3.63, 3.8) is 0 Å². The third-order valence-electron chi connectivity index (χ3n) is 3.21. The topological polar surface area (TPSA) is 49.4 Å². The molecule has 0 amide bonds. The Morgan fingerprint density at radius 2 is 1.78 bits per heavy atom. The van der Waals surface area contributed by atoms with Gasteiger partial charge >= 0.3 is 0 Å². The molecule has 1 aromatic rings. The van der Waals surface area contributed by atoms with Crippen LogP contribution in [0.15, 0.2) is 29.2 Å². The van der Waals surface area contributed by atoms with Crippen LogP contribution in [-0.2, 0) is 9.84 Å². The van der Waals surface area contributed by atoms with Crippen LogP contribution in [0.1, 0.15) is 13.8 Å². The molecule has 5 heteroatoms. The first-order chi connectivity index (χ1) is 8.14. The van der Waals surface area contributed by atoms with Crippen LogP contribution in [0.3, 0.4) is 0 Å². The number of anilines is 1. The molecule has 0 bridgehead atoms. The van der Waals surface area contributed by atoms with E-state index in [0.29, 0.717) is 17.1 Å². The van der Waals surface area contributed by atoms with Crippen molar-refractivity contribution in [1.82, 2.24) is 4.90 Å². The molecule has 0 aromatic heterocycles. The molecule has 0 aliphatic rings. The second-order valence-corrected chi connectivity index (χ2v) is 7.31. The molecular formula is C13H22N2O2S. The molecule has 0 saturated heterocycles. The van der Waals surface area contributed by atoms with Gasteiger partial charge in [0.25, 0.3) is 0 Å². The summed E-state index contributed by atoms with van der Waals surface area (Å²) in [5.74, 6) is 0. The normalized spacial score (nSPS) is 12.8. The largest absolute Gasteiger partial charge is 0.382 e. The third-order valence-corrected chi connectivity index (χ3v) is 4.36. The van der Waals surface area contributed by atoms with E-state index in [1.807, 2.05) is 20.2 Å². The van der Waals surface area contributed by atoms with Crippen molar-refractivity contribution in [2.24, 2.45) is 0 Å². The van der Waals surface area contributed by atoms with E-state index in [1.54, 1.807) is 18.2 Å². The van der Waals surface area contributed by atoms with E-state index < -0.39 is 9.84 Å². The molecule has 0 spiro atoms. The van der Waals surface area contributed by atoms with Crippen molar-refractivity contribution in [2.75, 3.05) is 32.2 Å². The number of hydrogen-bond donors (Lipinski definition) is 1. The SMILES string of the molecule is CN(C)C(C)(C)CNc1ccccc1S(C)(=O)=O. The van der Waals surface area contributed by atoms with Gasteiger partial charge in [0.1, 0.15) is 0 Å². The van der Waals surface area contributed by atoms with Crippen molar-refractivity contribution >= 4 is 15.5 Å². The minimum absolute atomic E-state index is 0.0510. The Morgan fingerprint density at radius 1 is 1.22 bits per heavy atom. The Kier molecular flexibility index (Phi) is 4.40. The summed E-state index contributed by atoms with van der Waals surface area (Å²) < 4.78 is 23.3. The molecule has 0 saturated carbocycles. The van der Waals surface area contributed by atoms with Gasteiger partial charge in [-0.15, -0.1) is 0 Å². The van der Waals surface area contributed by atoms with Crippen molar-refractivity contribution < 1.29 is 8.42 Å². The third kappa shape index (κ3) is 3.71. The van der Waals surface area contributed by atoms with Crippen LogP contribution in [0.2, 0.25) is 0 Å². The van der Waals surface area contributed by atoms with E-state index >= 15 is 0 Å². The number of likely N-dealkylation sites (N-methyl/N-ethyl adjacent to an activating group) is 1. The van der Waals surface area contributed by atoms with Crippen LogP contribution in [0.5, 0.6) is 0 Å². The number of nitrogens with zero attached hydrogens (tertiary/aromatic N) is 1. The number of rotatable bonds is 5. The number of para-hydroxylation sites is 1. The van der Waals surface area contributed by atoms with Gasteiger partial charge in [-0.1, -0.05) is 12.1 Å². The van der Waals surface area contributed by atoms with Crippen LogP contribution < -0.4 is 5.32 Å². The van der Waals surface area contributed by atoms with E-state index in [1.165, 1.54) is 6.26 Å². The molecule has 0 unspecified atom stereocenters. The van der Waals surface area contributed by atoms with E-state index in [-0.39, 0.29) is 5.54 Å². The van der Waals surface area contributed by atoms with E-state index in [0.717, 1.165) is 0 Å². The van der Waals surface area contributed by atoms with Crippen molar-refractivity contribution in [1.29, 1.82) is 0 Å². The van der Waals surface area contributed by atoms with Gasteiger partial charge < -0.3 is 10.2 Å². The van der Waals surface area contributed by atoms with E-state index in [4.69, 9.17) is 0 Å². The summed E-state index contributed by atoms with van der Waals surface area (Å²) >= 11 is 0. The molecule has 0 aliphatic heterocycles. The maximum absolute atomic E-state index is 11.7. The lowest BCUT2D eigenvalue weighted by molar-refractivity contribution is 0.210. The van der Waals surface area contributed by atoms with Gasteiger partial charge in [-0.25, -0.2) is 8.42 Å². The predicted octanol–water partition coefficient (Wildman–Crippen LogP) is 1.84. The molecular weight excluding hydrogens is 248 g/mol. The average molecular weight is 270 g/mol. The maximum Gasteiger partial charge on any atom is 0.177 e. The zero-order valence-electron chi connectivity index (χ0n) is 11.7. The highest BCUT2D eigenvalue weighted by molar-refractivity contribution is 7.90. The lowest BCUT2D eigenvalue weighted by Gasteiger charge is -2.33. The van der Waals surface area contributed by atoms with Crippen LogP contribution in [-0.4, -0.2) is 45.8 Å². The summed E-state index contributed by atoms with van der Waals surface area (Å²) in [6, 6.07) is 6.99. The molecule has 18 heavy (non-hydrogen) atoms. The molecule has 102 valence electrons. The molecule has 0 heterocycles. The average Bonchev–Trinajstić information content (AvgIpc) is 2.25. The minimum Gasteiger partial charge on any atom is -0.382 e. The quantitative estimate of drug-likeness (QED) is 0.887. The Labute approximate surface area is 110 Å². The molecule has 1 aromatic carbocycles. The van der Waals surface area contributed by atoms with Crippen molar-refractivity contribution in [3.8, 4) is 0 Å². The summed E-state index contributed by atoms with van der Waals surface area (Å²) in [7, 11) is 0.811. The number of hydrogen-bond acceptors (Lipinski definition) is 4. The van der Waals surface area contributed by atoms with Gasteiger partial charge in [0, 0.05) is 18.3 Å². The fourth-order valence-corrected chi connectivity index (χ4v) is 2.27. The highest BCUT2D eigenvalue weighted by Crippen LogP contribution is 2.22. The van der Waals surface area contributed by atoms with Gasteiger partial charge in [0.15, 0.2) is 9.84 Å². The lowest BCUT2D eigenvalue weighted by Crippen LogP contribution is -2.44. The van der Waals surface area contributed by atoms with Crippen molar-refractivity contribution in [3.05, 3.63) is 24.3 Å². The zero-order chi connectivity index (χ0) is 14.0. The Hall–Kier alpha value is -1.07. The fourth-order valence-electron chi connectivity index (χ4n) is 1.41. The molecule has 0 aliphatic carbocycles. The van der Waals surface area contributed by atoms with Crippen molar-refractivity contribution in [2.45, 2.75) is 24.3 Å². The van der Waals surface area contributed by atoms with Gasteiger partial charge in [0.2, 0.25) is 0 Å². The summed E-state index contributed by atoms with van der Waals surface area (Å²) in [6.07, 6.45) is 1.23. The first kappa shape index (κ1) is 15.0. The summed E-state index contributed by atoms with van der Waals surface area (Å²) in [5, 5.41) is 3.22. The summed E-state index contributed by atoms with van der Waals surface area (Å²) in [6.45, 7) is 4.87. The molecule has 0 fully saturated rings. The fraction of sp³-hybridized carbons (Fsp3) is 0.538. The van der Waals surface area contributed by atoms with E-state index in [9.17, 15) is 8.42 Å². The number of benzene rings is 1. The second-order valence-electron chi connectivity index (χ2n) is 5.33. The molecule has 1 N–H and O–H groups in total. The van der Waals surface area contributed by atoms with Gasteiger partial charge in [0.05, 0.1) is 10.6 Å². The van der Waals surface area contributed by atoms with Crippen LogP contribution in [0.25, 0.3) is 0 Å². The highest BCUT2D eigenvalue weighted by Gasteiger charge is 2.21. The van der Waals surface area contributed by atoms with Gasteiger partial charge in [-0.3, -0.25) is 0 Å². The van der Waals surface area contributed by atoms with Gasteiger partial charge in [-0.2, -0.15) is 0 Å². The van der Waals surface area contributed by atoms with Crippen LogP contribution in [0, 0.1) is 0 Å². The summed E-state index contributed by atoms with van der Waals surface area (Å²) in [4.78, 5) is 2.45. The zero-order valence-corrected chi connectivity index (χ0v) is 12.5. The first-order valence-corrected chi connectivity index (χ1v) is 7.74. The standard InChI is InChI=1S/C13H22N2O2S/c1-13(2,15(3)4)10-14-11-8-6-7-9-12(11)18(5,16)17/h6-9,14H,10H2,1-5H3. The Bertz CT molecular complexity index is 507. The Morgan fingerprint density at radius 3 is 2.28 bits per heavy atom. The second kappa shape index (κ2) is 5.28. The van der Waals surface area contributed by atoms with Crippen LogP contribution >= 0.6 is 0 Å². The van der Waals surface area contributed by atoms with Gasteiger partial charge in [-0.05, 0) is 40.1 Å². The first-order valence-electron chi connectivity index (χ1n) is 5.85. The predicted molar refractivity (Wildman–Crippen MR) is 75.8 cm³/mol. The maximum atomic E-state index is 11.7. The van der Waals surface area contributed by atoms with Crippen LogP contribution in [0.4, 0.5) is 5.69 Å². The highest BCUT2D eigenvalue weighted by atomic mass is 32.2.